The molecule has 0 aliphatic rings. The molecule has 0 saturated heterocycles. The van der Waals surface area contributed by atoms with Crippen molar-refractivity contribution >= 4 is 0 Å². The van der Waals surface area contributed by atoms with E-state index in [1.54, 1.807) is 24.3 Å². The van der Waals surface area contributed by atoms with Gasteiger partial charge in [0.25, 0.3) is 0 Å². The van der Waals surface area contributed by atoms with Crippen LogP contribution < -0.4 is 4.74 Å². The van der Waals surface area contributed by atoms with Crippen molar-refractivity contribution in [1.29, 1.82) is 0 Å². The fourth-order valence-electron chi connectivity index (χ4n) is 2.91. The zero-order valence-corrected chi connectivity index (χ0v) is 14.5. The molecule has 0 radical (unpaired) electrons. The third kappa shape index (κ3) is 3.93. The van der Waals surface area contributed by atoms with Crippen molar-refractivity contribution in [2.75, 3.05) is 0 Å². The fraction of sp³-hybridized carbons (Fsp3) is 0. The lowest BCUT2D eigenvalue weighted by molar-refractivity contribution is 0.475. The molecule has 0 heterocycles. The molecule has 3 heteroatoms. The molecule has 132 valence electrons. The molecule has 0 fully saturated rings. The first-order chi connectivity index (χ1) is 13.2. The van der Waals surface area contributed by atoms with E-state index in [9.17, 15) is 10.2 Å². The molecule has 0 aliphatic carbocycles. The summed E-state index contributed by atoms with van der Waals surface area (Å²) in [5.74, 6) is 2.01. The van der Waals surface area contributed by atoms with Crippen LogP contribution in [0.25, 0.3) is 22.3 Å². The maximum Gasteiger partial charge on any atom is 0.127 e. The van der Waals surface area contributed by atoms with Gasteiger partial charge in [-0.1, -0.05) is 48.5 Å². The molecular formula is C24H18O3. The molecule has 0 aliphatic heterocycles. The molecular weight excluding hydrogens is 336 g/mol. The number of aromatic hydroxyl groups is 2. The normalized spacial score (nSPS) is 10.5. The van der Waals surface area contributed by atoms with Gasteiger partial charge in [0.05, 0.1) is 0 Å². The minimum Gasteiger partial charge on any atom is -0.508 e. The third-order valence-electron chi connectivity index (χ3n) is 4.32. The van der Waals surface area contributed by atoms with E-state index in [1.807, 2.05) is 72.8 Å². The van der Waals surface area contributed by atoms with Gasteiger partial charge in [-0.25, -0.2) is 0 Å². The van der Waals surface area contributed by atoms with Gasteiger partial charge >= 0.3 is 0 Å². The zero-order chi connectivity index (χ0) is 18.6. The SMILES string of the molecule is Oc1ccc(-c2ccc(Oc3ccc(-c4cccc(O)c4)cc3)cc2)cc1. The highest BCUT2D eigenvalue weighted by molar-refractivity contribution is 5.66. The van der Waals surface area contributed by atoms with Crippen molar-refractivity contribution in [2.24, 2.45) is 0 Å². The van der Waals surface area contributed by atoms with Crippen LogP contribution in [0.4, 0.5) is 0 Å². The van der Waals surface area contributed by atoms with E-state index in [4.69, 9.17) is 4.74 Å². The third-order valence-corrected chi connectivity index (χ3v) is 4.32. The van der Waals surface area contributed by atoms with Crippen LogP contribution in [-0.2, 0) is 0 Å². The Morgan fingerprint density at radius 2 is 0.926 bits per heavy atom. The van der Waals surface area contributed by atoms with Crippen molar-refractivity contribution in [3.63, 3.8) is 0 Å². The number of phenols is 2. The smallest absolute Gasteiger partial charge is 0.127 e. The molecule has 4 rings (SSSR count). The molecule has 0 aromatic heterocycles. The Morgan fingerprint density at radius 1 is 0.444 bits per heavy atom. The highest BCUT2D eigenvalue weighted by Crippen LogP contribution is 2.29. The average Bonchev–Trinajstić information content (AvgIpc) is 2.70. The molecule has 0 unspecified atom stereocenters. The molecule has 0 amide bonds. The largest absolute Gasteiger partial charge is 0.508 e. The van der Waals surface area contributed by atoms with Gasteiger partial charge in [-0.2, -0.15) is 0 Å². The van der Waals surface area contributed by atoms with E-state index in [-0.39, 0.29) is 11.5 Å². The summed E-state index contributed by atoms with van der Waals surface area (Å²) in [6.45, 7) is 0. The molecule has 0 spiro atoms. The highest BCUT2D eigenvalue weighted by Gasteiger charge is 2.03. The summed E-state index contributed by atoms with van der Waals surface area (Å²) in [7, 11) is 0. The van der Waals surface area contributed by atoms with Gasteiger partial charge in [0.1, 0.15) is 23.0 Å². The van der Waals surface area contributed by atoms with E-state index in [0.717, 1.165) is 33.8 Å². The van der Waals surface area contributed by atoms with Gasteiger partial charge in [0.15, 0.2) is 0 Å². The Bertz CT molecular complexity index is 1030. The highest BCUT2D eigenvalue weighted by atomic mass is 16.5. The Hall–Kier alpha value is -3.72. The summed E-state index contributed by atoms with van der Waals surface area (Å²) < 4.78 is 5.91. The number of benzene rings is 4. The summed E-state index contributed by atoms with van der Waals surface area (Å²) in [4.78, 5) is 0. The molecule has 0 saturated carbocycles. The van der Waals surface area contributed by atoms with Crippen molar-refractivity contribution in [3.8, 4) is 45.3 Å². The molecule has 4 aromatic rings. The van der Waals surface area contributed by atoms with Crippen LogP contribution in [0.5, 0.6) is 23.0 Å². The van der Waals surface area contributed by atoms with Crippen LogP contribution in [0, 0.1) is 0 Å². The van der Waals surface area contributed by atoms with Crippen molar-refractivity contribution in [3.05, 3.63) is 97.1 Å². The predicted octanol–water partition coefficient (Wildman–Crippen LogP) is 6.22. The lowest BCUT2D eigenvalue weighted by Crippen LogP contribution is -1.85. The van der Waals surface area contributed by atoms with Gasteiger partial charge < -0.3 is 14.9 Å². The van der Waals surface area contributed by atoms with Crippen LogP contribution >= 0.6 is 0 Å². The van der Waals surface area contributed by atoms with Crippen molar-refractivity contribution in [1.82, 2.24) is 0 Å². The standard InChI is InChI=1S/C24H18O3/c25-21-10-4-17(5-11-21)18-6-12-23(13-7-18)27-24-14-8-19(9-15-24)20-2-1-3-22(26)16-20/h1-16,25-26H. The lowest BCUT2D eigenvalue weighted by Gasteiger charge is -2.08. The number of hydrogen-bond donors (Lipinski definition) is 2. The van der Waals surface area contributed by atoms with Gasteiger partial charge in [0, 0.05) is 0 Å². The monoisotopic (exact) mass is 354 g/mol. The molecule has 0 bridgehead atoms. The maximum atomic E-state index is 9.61. The first-order valence-electron chi connectivity index (χ1n) is 8.64. The Balaban J connectivity index is 1.48. The zero-order valence-electron chi connectivity index (χ0n) is 14.5. The van der Waals surface area contributed by atoms with E-state index in [1.165, 1.54) is 0 Å². The topological polar surface area (TPSA) is 49.7 Å². The number of phenolic OH excluding ortho intramolecular Hbond substituents is 2. The van der Waals surface area contributed by atoms with Gasteiger partial charge in [0.2, 0.25) is 0 Å². The predicted molar refractivity (Wildman–Crippen MR) is 107 cm³/mol. The average molecular weight is 354 g/mol. The summed E-state index contributed by atoms with van der Waals surface area (Å²) in [5, 5.41) is 19.0. The molecule has 27 heavy (non-hydrogen) atoms. The van der Waals surface area contributed by atoms with Gasteiger partial charge in [-0.05, 0) is 70.8 Å². The van der Waals surface area contributed by atoms with Crippen LogP contribution in [-0.4, -0.2) is 10.2 Å². The van der Waals surface area contributed by atoms with Crippen LogP contribution in [0.2, 0.25) is 0 Å². The summed E-state index contributed by atoms with van der Waals surface area (Å²) in [6.07, 6.45) is 0. The van der Waals surface area contributed by atoms with Crippen LogP contribution in [0.3, 0.4) is 0 Å². The lowest BCUT2D eigenvalue weighted by atomic mass is 10.1. The summed E-state index contributed by atoms with van der Waals surface area (Å²) in [6, 6.07) is 29.9. The van der Waals surface area contributed by atoms with E-state index >= 15 is 0 Å². The van der Waals surface area contributed by atoms with E-state index in [2.05, 4.69) is 0 Å². The van der Waals surface area contributed by atoms with Gasteiger partial charge in [-0.15, -0.1) is 0 Å². The molecule has 0 atom stereocenters. The summed E-state index contributed by atoms with van der Waals surface area (Å²) >= 11 is 0. The number of rotatable bonds is 4. The molecule has 3 nitrogen and oxygen atoms in total. The summed E-state index contributed by atoms with van der Waals surface area (Å²) in [5.41, 5.74) is 4.07. The second-order valence-electron chi connectivity index (χ2n) is 6.25. The maximum absolute atomic E-state index is 9.61. The Labute approximate surface area is 157 Å². The van der Waals surface area contributed by atoms with Crippen LogP contribution in [0.15, 0.2) is 97.1 Å². The van der Waals surface area contributed by atoms with E-state index < -0.39 is 0 Å². The minimum atomic E-state index is 0.251. The van der Waals surface area contributed by atoms with E-state index in [0.29, 0.717) is 0 Å². The second-order valence-corrected chi connectivity index (χ2v) is 6.25. The van der Waals surface area contributed by atoms with Crippen LogP contribution in [0.1, 0.15) is 0 Å². The second kappa shape index (κ2) is 7.26. The first-order valence-corrected chi connectivity index (χ1v) is 8.64. The van der Waals surface area contributed by atoms with Crippen molar-refractivity contribution in [2.45, 2.75) is 0 Å². The Kier molecular flexibility index (Phi) is 4.50. The number of ether oxygens (including phenoxy) is 1. The Morgan fingerprint density at radius 3 is 1.44 bits per heavy atom. The molecule has 4 aromatic carbocycles. The fourth-order valence-corrected chi connectivity index (χ4v) is 2.91. The number of hydrogen-bond acceptors (Lipinski definition) is 3. The van der Waals surface area contributed by atoms with Crippen molar-refractivity contribution < 1.29 is 14.9 Å². The first kappa shape index (κ1) is 16.7. The minimum absolute atomic E-state index is 0.251. The van der Waals surface area contributed by atoms with Gasteiger partial charge in [-0.3, -0.25) is 0 Å². The quantitative estimate of drug-likeness (QED) is 0.457. The molecule has 2 N–H and O–H groups in total.